The topological polar surface area (TPSA) is 36.9 Å². The first kappa shape index (κ1) is 16.8. The van der Waals surface area contributed by atoms with E-state index >= 15 is 0 Å². The fraction of sp³-hybridized carbons (Fsp3) is 1.00. The lowest BCUT2D eigenvalue weighted by molar-refractivity contribution is -0.385. The van der Waals surface area contributed by atoms with Crippen molar-refractivity contribution in [2.75, 3.05) is 33.5 Å². The Balaban J connectivity index is 4.39. The predicted molar refractivity (Wildman–Crippen MR) is 68.0 cm³/mol. The van der Waals surface area contributed by atoms with E-state index in [4.69, 9.17) is 18.9 Å². The molecule has 0 heterocycles. The molecule has 4 nitrogen and oxygen atoms in total. The van der Waals surface area contributed by atoms with Crippen LogP contribution in [0.2, 0.25) is 0 Å². The molecular weight excluding hydrogens is 220 g/mol. The third-order valence-electron chi connectivity index (χ3n) is 2.19. The fourth-order valence-electron chi connectivity index (χ4n) is 1.34. The molecule has 0 unspecified atom stereocenters. The SMILES string of the molecule is CCCOC(CCOC)(OCCC)OCCC. The lowest BCUT2D eigenvalue weighted by Crippen LogP contribution is -2.41. The van der Waals surface area contributed by atoms with E-state index in [2.05, 4.69) is 20.8 Å². The van der Waals surface area contributed by atoms with Crippen LogP contribution in [0.3, 0.4) is 0 Å². The normalized spacial score (nSPS) is 12.0. The summed E-state index contributed by atoms with van der Waals surface area (Å²) < 4.78 is 22.4. The van der Waals surface area contributed by atoms with E-state index in [0.717, 1.165) is 19.3 Å². The molecule has 0 bridgehead atoms. The molecule has 0 saturated carbocycles. The standard InChI is InChI=1S/C13H28O4/c1-5-9-15-13(8-12-14-4,16-10-6-2)17-11-7-3/h5-12H2,1-4H3. The van der Waals surface area contributed by atoms with Gasteiger partial charge >= 0.3 is 0 Å². The Bertz CT molecular complexity index is 124. The van der Waals surface area contributed by atoms with Crippen molar-refractivity contribution in [3.05, 3.63) is 0 Å². The van der Waals surface area contributed by atoms with Crippen LogP contribution in [-0.2, 0) is 18.9 Å². The first-order chi connectivity index (χ1) is 8.24. The van der Waals surface area contributed by atoms with Crippen molar-refractivity contribution in [3.8, 4) is 0 Å². The molecule has 0 atom stereocenters. The summed E-state index contributed by atoms with van der Waals surface area (Å²) in [6.07, 6.45) is 3.43. The maximum atomic E-state index is 5.76. The highest BCUT2D eigenvalue weighted by molar-refractivity contribution is 4.58. The van der Waals surface area contributed by atoms with Gasteiger partial charge in [0.1, 0.15) is 0 Å². The zero-order chi connectivity index (χ0) is 13.0. The monoisotopic (exact) mass is 248 g/mol. The fourth-order valence-corrected chi connectivity index (χ4v) is 1.34. The number of ether oxygens (including phenoxy) is 4. The smallest absolute Gasteiger partial charge is 0.285 e. The van der Waals surface area contributed by atoms with Gasteiger partial charge in [0.15, 0.2) is 0 Å². The molecule has 0 aromatic heterocycles. The largest absolute Gasteiger partial charge is 0.384 e. The van der Waals surface area contributed by atoms with E-state index in [1.807, 2.05) is 0 Å². The van der Waals surface area contributed by atoms with Gasteiger partial charge < -0.3 is 18.9 Å². The van der Waals surface area contributed by atoms with E-state index in [1.54, 1.807) is 7.11 Å². The van der Waals surface area contributed by atoms with Crippen LogP contribution in [-0.4, -0.2) is 39.5 Å². The van der Waals surface area contributed by atoms with Gasteiger partial charge in [-0.3, -0.25) is 0 Å². The highest BCUT2D eigenvalue weighted by Crippen LogP contribution is 2.21. The van der Waals surface area contributed by atoms with Gasteiger partial charge in [-0.15, -0.1) is 0 Å². The summed E-state index contributed by atoms with van der Waals surface area (Å²) in [6, 6.07) is 0. The first-order valence-corrected chi connectivity index (χ1v) is 6.65. The molecule has 104 valence electrons. The third-order valence-corrected chi connectivity index (χ3v) is 2.19. The molecule has 0 radical (unpaired) electrons. The second kappa shape index (κ2) is 11.0. The van der Waals surface area contributed by atoms with E-state index < -0.39 is 5.97 Å². The van der Waals surface area contributed by atoms with Crippen LogP contribution in [0.5, 0.6) is 0 Å². The van der Waals surface area contributed by atoms with Crippen LogP contribution in [0.4, 0.5) is 0 Å². The maximum absolute atomic E-state index is 5.76. The summed E-state index contributed by atoms with van der Waals surface area (Å²) in [5, 5.41) is 0. The van der Waals surface area contributed by atoms with Gasteiger partial charge in [-0.2, -0.15) is 0 Å². The van der Waals surface area contributed by atoms with E-state index in [9.17, 15) is 0 Å². The highest BCUT2D eigenvalue weighted by atomic mass is 16.9. The Morgan fingerprint density at radius 3 is 1.41 bits per heavy atom. The molecule has 4 heteroatoms. The van der Waals surface area contributed by atoms with Crippen LogP contribution < -0.4 is 0 Å². The van der Waals surface area contributed by atoms with Crippen molar-refractivity contribution in [2.24, 2.45) is 0 Å². The van der Waals surface area contributed by atoms with Gasteiger partial charge in [0.2, 0.25) is 0 Å². The Morgan fingerprint density at radius 1 is 0.706 bits per heavy atom. The lowest BCUT2D eigenvalue weighted by Gasteiger charge is -2.33. The molecule has 0 aliphatic rings. The predicted octanol–water partition coefficient (Wildman–Crippen LogP) is 2.96. The van der Waals surface area contributed by atoms with Crippen LogP contribution in [0, 0.1) is 0 Å². The second-order valence-electron chi connectivity index (χ2n) is 3.97. The van der Waals surface area contributed by atoms with Gasteiger partial charge in [0, 0.05) is 7.11 Å². The van der Waals surface area contributed by atoms with Gasteiger partial charge in [0.25, 0.3) is 5.97 Å². The summed E-state index contributed by atoms with van der Waals surface area (Å²) in [6.45, 7) is 8.69. The Hall–Kier alpha value is -0.160. The van der Waals surface area contributed by atoms with Gasteiger partial charge in [0.05, 0.1) is 32.8 Å². The van der Waals surface area contributed by atoms with Gasteiger partial charge in [-0.05, 0) is 19.3 Å². The molecular formula is C13H28O4. The zero-order valence-electron chi connectivity index (χ0n) is 11.8. The molecule has 0 amide bonds. The lowest BCUT2D eigenvalue weighted by atomic mass is 10.3. The van der Waals surface area contributed by atoms with E-state index in [1.165, 1.54) is 0 Å². The highest BCUT2D eigenvalue weighted by Gasteiger charge is 2.32. The van der Waals surface area contributed by atoms with Crippen molar-refractivity contribution in [3.63, 3.8) is 0 Å². The number of rotatable bonds is 12. The summed E-state index contributed by atoms with van der Waals surface area (Å²) in [4.78, 5) is 0. The Labute approximate surface area is 106 Å². The Morgan fingerprint density at radius 2 is 1.12 bits per heavy atom. The quantitative estimate of drug-likeness (QED) is 0.498. The van der Waals surface area contributed by atoms with Crippen molar-refractivity contribution >= 4 is 0 Å². The molecule has 0 aromatic rings. The van der Waals surface area contributed by atoms with E-state index in [0.29, 0.717) is 32.8 Å². The average Bonchev–Trinajstić information content (AvgIpc) is 2.37. The summed E-state index contributed by atoms with van der Waals surface area (Å²) in [5.74, 6) is -0.919. The number of methoxy groups -OCH3 is 1. The molecule has 0 rings (SSSR count). The van der Waals surface area contributed by atoms with Crippen molar-refractivity contribution in [1.82, 2.24) is 0 Å². The number of hydrogen-bond donors (Lipinski definition) is 0. The molecule has 0 spiro atoms. The van der Waals surface area contributed by atoms with Crippen LogP contribution in [0.25, 0.3) is 0 Å². The summed E-state index contributed by atoms with van der Waals surface area (Å²) in [5.41, 5.74) is 0. The van der Waals surface area contributed by atoms with Gasteiger partial charge in [-0.1, -0.05) is 20.8 Å². The van der Waals surface area contributed by atoms with Crippen LogP contribution in [0.15, 0.2) is 0 Å². The summed E-state index contributed by atoms with van der Waals surface area (Å²) >= 11 is 0. The molecule has 0 aliphatic heterocycles. The summed E-state index contributed by atoms with van der Waals surface area (Å²) in [7, 11) is 1.67. The van der Waals surface area contributed by atoms with Crippen molar-refractivity contribution in [1.29, 1.82) is 0 Å². The third kappa shape index (κ3) is 7.71. The minimum Gasteiger partial charge on any atom is -0.384 e. The molecule has 0 aromatic carbocycles. The van der Waals surface area contributed by atoms with Crippen LogP contribution >= 0.6 is 0 Å². The molecule has 17 heavy (non-hydrogen) atoms. The van der Waals surface area contributed by atoms with Crippen LogP contribution in [0.1, 0.15) is 46.5 Å². The maximum Gasteiger partial charge on any atom is 0.285 e. The van der Waals surface area contributed by atoms with Crippen molar-refractivity contribution in [2.45, 2.75) is 52.4 Å². The molecule has 0 aliphatic carbocycles. The second-order valence-corrected chi connectivity index (χ2v) is 3.97. The van der Waals surface area contributed by atoms with E-state index in [-0.39, 0.29) is 0 Å². The average molecular weight is 248 g/mol. The Kier molecular flexibility index (Phi) is 10.9. The van der Waals surface area contributed by atoms with Gasteiger partial charge in [-0.25, -0.2) is 0 Å². The van der Waals surface area contributed by atoms with Crippen molar-refractivity contribution < 1.29 is 18.9 Å². The number of hydrogen-bond acceptors (Lipinski definition) is 4. The zero-order valence-corrected chi connectivity index (χ0v) is 11.8. The first-order valence-electron chi connectivity index (χ1n) is 6.65. The molecule has 0 saturated heterocycles. The minimum atomic E-state index is -0.919. The minimum absolute atomic E-state index is 0.567. The molecule has 0 N–H and O–H groups in total. The molecule has 0 fully saturated rings.